The lowest BCUT2D eigenvalue weighted by atomic mass is 10.1. The number of carbonyl (C=O) groups is 1. The molecule has 1 aliphatic heterocycles. The monoisotopic (exact) mass is 261 g/mol. The molecule has 3 heterocycles. The minimum absolute atomic E-state index is 0.0385. The van der Waals surface area contributed by atoms with Crippen molar-refractivity contribution in [2.75, 3.05) is 20.2 Å². The lowest BCUT2D eigenvalue weighted by molar-refractivity contribution is -0.124. The van der Waals surface area contributed by atoms with Crippen LogP contribution >= 0.6 is 0 Å². The van der Waals surface area contributed by atoms with Gasteiger partial charge in [-0.2, -0.15) is 0 Å². The van der Waals surface area contributed by atoms with Crippen LogP contribution in [0.3, 0.4) is 0 Å². The van der Waals surface area contributed by atoms with Crippen molar-refractivity contribution in [2.45, 2.75) is 6.04 Å². The summed E-state index contributed by atoms with van der Waals surface area (Å²) in [7, 11) is 3.43. The van der Waals surface area contributed by atoms with Crippen molar-refractivity contribution in [3.05, 3.63) is 18.0 Å². The molecule has 1 fully saturated rings. The summed E-state index contributed by atoms with van der Waals surface area (Å²) in [6.07, 6.45) is 3.45. The third-order valence-electron chi connectivity index (χ3n) is 3.23. The van der Waals surface area contributed by atoms with Crippen LogP contribution in [0.1, 0.15) is 11.6 Å². The van der Waals surface area contributed by atoms with Gasteiger partial charge in [0.15, 0.2) is 5.65 Å². The zero-order valence-corrected chi connectivity index (χ0v) is 10.8. The third-order valence-corrected chi connectivity index (χ3v) is 3.23. The molecule has 2 aromatic heterocycles. The molecule has 3 rings (SSSR count). The molecule has 19 heavy (non-hydrogen) atoms. The molecular weight excluding hydrogens is 246 g/mol. The lowest BCUT2D eigenvalue weighted by Gasteiger charge is -2.22. The number of fused-ring (bicyclic) bond motifs is 1. The predicted octanol–water partition coefficient (Wildman–Crippen LogP) is -0.263. The fourth-order valence-corrected chi connectivity index (χ4v) is 2.31. The van der Waals surface area contributed by atoms with E-state index in [9.17, 15) is 4.79 Å². The number of aryl methyl sites for hydroxylation is 1. The average Bonchev–Trinajstić information content (AvgIpc) is 2.76. The van der Waals surface area contributed by atoms with Crippen LogP contribution in [0.15, 0.2) is 12.4 Å². The second-order valence-corrected chi connectivity index (χ2v) is 4.46. The van der Waals surface area contributed by atoms with E-state index in [1.165, 1.54) is 0 Å². The SMILES string of the molecule is COc1cnc2c(n1)c(C1NCCNC1=O)cn2C. The molecule has 0 bridgehead atoms. The molecule has 2 aromatic rings. The molecule has 1 aliphatic rings. The van der Waals surface area contributed by atoms with Gasteiger partial charge in [0.05, 0.1) is 13.3 Å². The van der Waals surface area contributed by atoms with Gasteiger partial charge in [0, 0.05) is 31.9 Å². The Hall–Kier alpha value is -2.15. The largest absolute Gasteiger partial charge is 0.480 e. The van der Waals surface area contributed by atoms with Gasteiger partial charge < -0.3 is 19.9 Å². The Kier molecular flexibility index (Phi) is 2.83. The Morgan fingerprint density at radius 3 is 3.05 bits per heavy atom. The Labute approximate surface area is 110 Å². The van der Waals surface area contributed by atoms with E-state index < -0.39 is 0 Å². The number of hydrogen-bond donors (Lipinski definition) is 2. The van der Waals surface area contributed by atoms with Crippen LogP contribution < -0.4 is 15.4 Å². The van der Waals surface area contributed by atoms with Crippen LogP contribution in [0, 0.1) is 0 Å². The molecule has 0 saturated carbocycles. The Morgan fingerprint density at radius 2 is 2.32 bits per heavy atom. The summed E-state index contributed by atoms with van der Waals surface area (Å²) in [6, 6.07) is -0.390. The Morgan fingerprint density at radius 1 is 1.47 bits per heavy atom. The topological polar surface area (TPSA) is 81.1 Å². The first-order valence-electron chi connectivity index (χ1n) is 6.08. The van der Waals surface area contributed by atoms with E-state index in [-0.39, 0.29) is 11.9 Å². The molecule has 100 valence electrons. The number of amides is 1. The number of nitrogens with zero attached hydrogens (tertiary/aromatic N) is 3. The van der Waals surface area contributed by atoms with Crippen molar-refractivity contribution in [2.24, 2.45) is 7.05 Å². The Balaban J connectivity index is 2.14. The van der Waals surface area contributed by atoms with E-state index in [2.05, 4.69) is 20.6 Å². The first-order chi connectivity index (χ1) is 9.20. The number of ether oxygens (including phenoxy) is 1. The maximum Gasteiger partial charge on any atom is 0.241 e. The Bertz CT molecular complexity index is 636. The number of piperazine rings is 1. The van der Waals surface area contributed by atoms with Crippen LogP contribution in [-0.2, 0) is 11.8 Å². The van der Waals surface area contributed by atoms with Gasteiger partial charge in [0.2, 0.25) is 11.8 Å². The number of nitrogens with one attached hydrogen (secondary N) is 2. The van der Waals surface area contributed by atoms with E-state index in [1.54, 1.807) is 13.3 Å². The van der Waals surface area contributed by atoms with Gasteiger partial charge in [-0.05, 0) is 0 Å². The highest BCUT2D eigenvalue weighted by Crippen LogP contribution is 2.25. The molecule has 0 aliphatic carbocycles. The van der Waals surface area contributed by atoms with E-state index in [4.69, 9.17) is 4.74 Å². The summed E-state index contributed by atoms with van der Waals surface area (Å²) in [6.45, 7) is 1.39. The van der Waals surface area contributed by atoms with E-state index >= 15 is 0 Å². The van der Waals surface area contributed by atoms with Gasteiger partial charge in [-0.15, -0.1) is 0 Å². The van der Waals surface area contributed by atoms with E-state index in [1.807, 2.05) is 17.8 Å². The van der Waals surface area contributed by atoms with Gasteiger partial charge in [0.1, 0.15) is 11.6 Å². The van der Waals surface area contributed by atoms with Crippen LogP contribution in [-0.4, -0.2) is 40.6 Å². The molecule has 0 radical (unpaired) electrons. The smallest absolute Gasteiger partial charge is 0.241 e. The highest BCUT2D eigenvalue weighted by molar-refractivity contribution is 5.89. The summed E-state index contributed by atoms with van der Waals surface area (Å²) in [4.78, 5) is 20.6. The summed E-state index contributed by atoms with van der Waals surface area (Å²) in [5, 5.41) is 6.04. The minimum atomic E-state index is -0.390. The van der Waals surface area contributed by atoms with Crippen LogP contribution in [0.4, 0.5) is 0 Å². The first kappa shape index (κ1) is 11.9. The molecule has 1 saturated heterocycles. The van der Waals surface area contributed by atoms with Gasteiger partial charge in [-0.25, -0.2) is 9.97 Å². The zero-order chi connectivity index (χ0) is 13.4. The van der Waals surface area contributed by atoms with Gasteiger partial charge in [-0.3, -0.25) is 4.79 Å². The molecule has 1 unspecified atom stereocenters. The average molecular weight is 261 g/mol. The van der Waals surface area contributed by atoms with Crippen LogP contribution in [0.2, 0.25) is 0 Å². The highest BCUT2D eigenvalue weighted by Gasteiger charge is 2.27. The molecular formula is C12H15N5O2. The van der Waals surface area contributed by atoms with Crippen molar-refractivity contribution >= 4 is 17.1 Å². The number of methoxy groups -OCH3 is 1. The molecule has 1 atom stereocenters. The quantitative estimate of drug-likeness (QED) is 0.778. The number of aromatic nitrogens is 3. The highest BCUT2D eigenvalue weighted by atomic mass is 16.5. The normalized spacial score (nSPS) is 19.5. The van der Waals surface area contributed by atoms with Crippen molar-refractivity contribution in [3.63, 3.8) is 0 Å². The van der Waals surface area contributed by atoms with Gasteiger partial charge in [-0.1, -0.05) is 0 Å². The van der Waals surface area contributed by atoms with Gasteiger partial charge in [0.25, 0.3) is 0 Å². The van der Waals surface area contributed by atoms with Crippen LogP contribution in [0.25, 0.3) is 11.2 Å². The summed E-state index contributed by atoms with van der Waals surface area (Å²) in [5.74, 6) is 0.402. The third kappa shape index (κ3) is 1.91. The molecule has 0 spiro atoms. The predicted molar refractivity (Wildman–Crippen MR) is 68.8 cm³/mol. The summed E-state index contributed by atoms with van der Waals surface area (Å²) >= 11 is 0. The molecule has 1 amide bonds. The first-order valence-corrected chi connectivity index (χ1v) is 6.08. The molecule has 2 N–H and O–H groups in total. The van der Waals surface area contributed by atoms with Crippen molar-refractivity contribution < 1.29 is 9.53 Å². The van der Waals surface area contributed by atoms with Crippen molar-refractivity contribution in [1.82, 2.24) is 25.2 Å². The van der Waals surface area contributed by atoms with Crippen molar-refractivity contribution in [1.29, 1.82) is 0 Å². The molecule has 0 aromatic carbocycles. The number of carbonyl (C=O) groups excluding carboxylic acids is 1. The number of hydrogen-bond acceptors (Lipinski definition) is 5. The van der Waals surface area contributed by atoms with E-state index in [0.717, 1.165) is 17.8 Å². The fourth-order valence-electron chi connectivity index (χ4n) is 2.31. The molecule has 7 heteroatoms. The maximum absolute atomic E-state index is 11.9. The second kappa shape index (κ2) is 4.51. The zero-order valence-electron chi connectivity index (χ0n) is 10.8. The van der Waals surface area contributed by atoms with Crippen molar-refractivity contribution in [3.8, 4) is 5.88 Å². The molecule has 7 nitrogen and oxygen atoms in total. The standard InChI is InChI=1S/C12H15N5O2/c1-17-6-7(10-12(18)14-4-3-13-10)9-11(17)15-5-8(16-9)19-2/h5-6,10,13H,3-4H2,1-2H3,(H,14,18). The van der Waals surface area contributed by atoms with E-state index in [0.29, 0.717) is 17.9 Å². The lowest BCUT2D eigenvalue weighted by Crippen LogP contribution is -2.47. The maximum atomic E-state index is 11.9. The summed E-state index contributed by atoms with van der Waals surface area (Å²) in [5.41, 5.74) is 2.24. The minimum Gasteiger partial charge on any atom is -0.480 e. The van der Waals surface area contributed by atoms with Gasteiger partial charge >= 0.3 is 0 Å². The fraction of sp³-hybridized carbons (Fsp3) is 0.417. The summed E-state index contributed by atoms with van der Waals surface area (Å²) < 4.78 is 6.96. The second-order valence-electron chi connectivity index (χ2n) is 4.46. The number of rotatable bonds is 2. The van der Waals surface area contributed by atoms with Crippen LogP contribution in [0.5, 0.6) is 5.88 Å².